The van der Waals surface area contributed by atoms with Gasteiger partial charge in [0.05, 0.1) is 12.7 Å². The summed E-state index contributed by atoms with van der Waals surface area (Å²) in [7, 11) is 3.26. The van der Waals surface area contributed by atoms with Gasteiger partial charge in [-0.2, -0.15) is 0 Å². The zero-order valence-corrected chi connectivity index (χ0v) is 9.03. The SMILES string of the molecule is COC(=O)C1=CN(C)C[C@@H]2C(=O)CC[C@H]12. The number of Topliss-reactive ketones (excluding diaryl/α,β-unsaturated/α-hetero) is 1. The van der Waals surface area contributed by atoms with Crippen molar-refractivity contribution in [2.24, 2.45) is 11.8 Å². The molecular formula is C11H15NO3. The van der Waals surface area contributed by atoms with Crippen LogP contribution in [0, 0.1) is 11.8 Å². The molecule has 1 saturated carbocycles. The highest BCUT2D eigenvalue weighted by molar-refractivity contribution is 5.93. The molecule has 2 rings (SSSR count). The minimum absolute atomic E-state index is 0.00546. The lowest BCUT2D eigenvalue weighted by molar-refractivity contribution is -0.137. The van der Waals surface area contributed by atoms with Gasteiger partial charge in [0, 0.05) is 38.0 Å². The van der Waals surface area contributed by atoms with Gasteiger partial charge in [0.1, 0.15) is 5.78 Å². The van der Waals surface area contributed by atoms with E-state index in [9.17, 15) is 9.59 Å². The zero-order chi connectivity index (χ0) is 11.0. The highest BCUT2D eigenvalue weighted by atomic mass is 16.5. The number of carbonyl (C=O) groups is 2. The van der Waals surface area contributed by atoms with Crippen molar-refractivity contribution in [1.82, 2.24) is 4.90 Å². The third kappa shape index (κ3) is 1.64. The Morgan fingerprint density at radius 1 is 1.53 bits per heavy atom. The van der Waals surface area contributed by atoms with E-state index in [0.29, 0.717) is 12.0 Å². The lowest BCUT2D eigenvalue weighted by Gasteiger charge is -2.30. The van der Waals surface area contributed by atoms with E-state index in [2.05, 4.69) is 0 Å². The Balaban J connectivity index is 2.29. The van der Waals surface area contributed by atoms with Crippen LogP contribution in [0.15, 0.2) is 11.8 Å². The smallest absolute Gasteiger partial charge is 0.335 e. The first-order valence-corrected chi connectivity index (χ1v) is 5.16. The molecule has 1 fully saturated rings. The second kappa shape index (κ2) is 3.68. The van der Waals surface area contributed by atoms with Gasteiger partial charge in [-0.1, -0.05) is 0 Å². The molecule has 4 heteroatoms. The van der Waals surface area contributed by atoms with Gasteiger partial charge in [-0.25, -0.2) is 4.79 Å². The van der Waals surface area contributed by atoms with Crippen LogP contribution in [0.25, 0.3) is 0 Å². The molecule has 0 aromatic heterocycles. The molecule has 0 saturated heterocycles. The van der Waals surface area contributed by atoms with Crippen LogP contribution in [0.1, 0.15) is 12.8 Å². The fraction of sp³-hybridized carbons (Fsp3) is 0.636. The Bertz CT molecular complexity index is 335. The van der Waals surface area contributed by atoms with E-state index < -0.39 is 0 Å². The van der Waals surface area contributed by atoms with Crippen LogP contribution in [-0.4, -0.2) is 37.4 Å². The van der Waals surface area contributed by atoms with Crippen molar-refractivity contribution in [1.29, 1.82) is 0 Å². The summed E-state index contributed by atoms with van der Waals surface area (Å²) in [6.45, 7) is 0.726. The number of ketones is 1. The van der Waals surface area contributed by atoms with Gasteiger partial charge in [0.15, 0.2) is 0 Å². The zero-order valence-electron chi connectivity index (χ0n) is 9.03. The minimum atomic E-state index is -0.300. The van der Waals surface area contributed by atoms with Gasteiger partial charge >= 0.3 is 5.97 Å². The first-order chi connectivity index (χ1) is 7.13. The monoisotopic (exact) mass is 209 g/mol. The number of nitrogens with zero attached hydrogens (tertiary/aromatic N) is 1. The Morgan fingerprint density at radius 2 is 2.27 bits per heavy atom. The molecule has 15 heavy (non-hydrogen) atoms. The molecule has 0 N–H and O–H groups in total. The summed E-state index contributed by atoms with van der Waals surface area (Å²) in [5, 5.41) is 0. The van der Waals surface area contributed by atoms with Crippen LogP contribution in [-0.2, 0) is 14.3 Å². The predicted molar refractivity (Wildman–Crippen MR) is 54.0 cm³/mol. The standard InChI is InChI=1S/C11H15NO3/c1-12-5-8-7(3-4-10(8)13)9(6-12)11(14)15-2/h6-8H,3-5H2,1-2H3/t7-,8-/m0/s1. The van der Waals surface area contributed by atoms with Crippen molar-refractivity contribution in [3.05, 3.63) is 11.8 Å². The molecule has 2 aliphatic rings. The van der Waals surface area contributed by atoms with Crippen LogP contribution in [0.2, 0.25) is 0 Å². The fourth-order valence-electron chi connectivity index (χ4n) is 2.53. The van der Waals surface area contributed by atoms with Crippen LogP contribution in [0.5, 0.6) is 0 Å². The van der Waals surface area contributed by atoms with Crippen LogP contribution < -0.4 is 0 Å². The van der Waals surface area contributed by atoms with E-state index >= 15 is 0 Å². The number of carbonyl (C=O) groups excluding carboxylic acids is 2. The average molecular weight is 209 g/mol. The lowest BCUT2D eigenvalue weighted by Crippen LogP contribution is -2.36. The van der Waals surface area contributed by atoms with Gasteiger partial charge in [0.2, 0.25) is 0 Å². The van der Waals surface area contributed by atoms with Gasteiger partial charge < -0.3 is 9.64 Å². The molecule has 0 bridgehead atoms. The molecule has 1 aliphatic carbocycles. The first-order valence-electron chi connectivity index (χ1n) is 5.16. The highest BCUT2D eigenvalue weighted by Gasteiger charge is 2.42. The summed E-state index contributed by atoms with van der Waals surface area (Å²) in [6, 6.07) is 0. The Labute approximate surface area is 88.9 Å². The molecule has 1 aliphatic heterocycles. The molecule has 0 amide bonds. The summed E-state index contributed by atoms with van der Waals surface area (Å²) < 4.78 is 4.74. The van der Waals surface area contributed by atoms with Crippen molar-refractivity contribution in [3.8, 4) is 0 Å². The number of hydrogen-bond donors (Lipinski definition) is 0. The fourth-order valence-corrected chi connectivity index (χ4v) is 2.53. The number of esters is 1. The normalized spacial score (nSPS) is 29.9. The minimum Gasteiger partial charge on any atom is -0.466 e. The van der Waals surface area contributed by atoms with E-state index in [1.165, 1.54) is 7.11 Å². The van der Waals surface area contributed by atoms with E-state index in [1.54, 1.807) is 0 Å². The second-order valence-electron chi connectivity index (χ2n) is 4.23. The Hall–Kier alpha value is -1.32. The quantitative estimate of drug-likeness (QED) is 0.593. The highest BCUT2D eigenvalue weighted by Crippen LogP contribution is 2.38. The number of fused-ring (bicyclic) bond motifs is 1. The number of methoxy groups -OCH3 is 1. The third-order valence-corrected chi connectivity index (χ3v) is 3.27. The summed E-state index contributed by atoms with van der Waals surface area (Å²) in [5.41, 5.74) is 0.655. The molecule has 4 nitrogen and oxygen atoms in total. The third-order valence-electron chi connectivity index (χ3n) is 3.27. The Morgan fingerprint density at radius 3 is 2.93 bits per heavy atom. The number of rotatable bonds is 1. The average Bonchev–Trinajstić information content (AvgIpc) is 2.58. The van der Waals surface area contributed by atoms with Crippen molar-refractivity contribution in [2.45, 2.75) is 12.8 Å². The van der Waals surface area contributed by atoms with Crippen LogP contribution >= 0.6 is 0 Å². The topological polar surface area (TPSA) is 46.6 Å². The molecule has 0 radical (unpaired) electrons. The van der Waals surface area contributed by atoms with Crippen molar-refractivity contribution in [2.75, 3.05) is 20.7 Å². The number of hydrogen-bond acceptors (Lipinski definition) is 4. The number of ether oxygens (including phenoxy) is 1. The van der Waals surface area contributed by atoms with Crippen molar-refractivity contribution < 1.29 is 14.3 Å². The molecule has 1 heterocycles. The van der Waals surface area contributed by atoms with E-state index in [-0.39, 0.29) is 23.6 Å². The van der Waals surface area contributed by atoms with Gasteiger partial charge in [0.25, 0.3) is 0 Å². The molecule has 82 valence electrons. The molecule has 0 unspecified atom stereocenters. The van der Waals surface area contributed by atoms with Crippen LogP contribution in [0.4, 0.5) is 0 Å². The first kappa shape index (κ1) is 10.2. The summed E-state index contributed by atoms with van der Waals surface area (Å²) in [5.74, 6) is 0.0582. The summed E-state index contributed by atoms with van der Waals surface area (Å²) in [4.78, 5) is 25.0. The molecule has 0 aromatic carbocycles. The summed E-state index contributed by atoms with van der Waals surface area (Å²) >= 11 is 0. The van der Waals surface area contributed by atoms with Gasteiger partial charge in [-0.05, 0) is 6.42 Å². The lowest BCUT2D eigenvalue weighted by atomic mass is 9.86. The second-order valence-corrected chi connectivity index (χ2v) is 4.23. The summed E-state index contributed by atoms with van der Waals surface area (Å²) in [6.07, 6.45) is 3.20. The van der Waals surface area contributed by atoms with E-state index in [0.717, 1.165) is 13.0 Å². The maximum Gasteiger partial charge on any atom is 0.335 e. The van der Waals surface area contributed by atoms with Gasteiger partial charge in [-0.15, -0.1) is 0 Å². The van der Waals surface area contributed by atoms with Crippen molar-refractivity contribution >= 4 is 11.8 Å². The maximum atomic E-state index is 11.6. The molecule has 0 spiro atoms. The predicted octanol–water partition coefficient (Wildman–Crippen LogP) is 0.584. The largest absolute Gasteiger partial charge is 0.466 e. The van der Waals surface area contributed by atoms with E-state index in [1.807, 2.05) is 18.1 Å². The maximum absolute atomic E-state index is 11.6. The Kier molecular flexibility index (Phi) is 2.50. The van der Waals surface area contributed by atoms with Crippen LogP contribution in [0.3, 0.4) is 0 Å². The van der Waals surface area contributed by atoms with Crippen molar-refractivity contribution in [3.63, 3.8) is 0 Å². The molecule has 2 atom stereocenters. The van der Waals surface area contributed by atoms with Gasteiger partial charge in [-0.3, -0.25) is 4.79 Å². The molecular weight excluding hydrogens is 194 g/mol. The van der Waals surface area contributed by atoms with E-state index in [4.69, 9.17) is 4.74 Å². The molecule has 0 aromatic rings.